The number of carbonyl (C=O) groups excluding carboxylic acids is 1. The maximum absolute atomic E-state index is 12.0. The fraction of sp³-hybridized carbons (Fsp3) is 0.350. The van der Waals surface area contributed by atoms with E-state index in [4.69, 9.17) is 0 Å². The van der Waals surface area contributed by atoms with Crippen LogP contribution in [0.4, 0.5) is 5.69 Å². The van der Waals surface area contributed by atoms with Crippen molar-refractivity contribution >= 4 is 11.6 Å². The van der Waals surface area contributed by atoms with Crippen LogP contribution in [-0.2, 0) is 4.79 Å². The van der Waals surface area contributed by atoms with Crippen LogP contribution in [0, 0.1) is 0 Å². The fourth-order valence-electron chi connectivity index (χ4n) is 2.61. The molecule has 2 unspecified atom stereocenters. The molecule has 0 fully saturated rings. The van der Waals surface area contributed by atoms with Gasteiger partial charge in [-0.2, -0.15) is 0 Å². The van der Waals surface area contributed by atoms with Crippen LogP contribution in [0.15, 0.2) is 60.7 Å². The van der Waals surface area contributed by atoms with E-state index in [0.717, 1.165) is 5.69 Å². The fourth-order valence-corrected chi connectivity index (χ4v) is 2.61. The standard InChI is InChI=1S/C20H27N3O/c1-16(23(4)15-19(24)22(2)3)20(17-11-7-5-8-12-17)21-18-13-9-6-10-14-18/h5-14,16,20-21H,15H2,1-4H3. The molecule has 1 amide bonds. The number of carbonyl (C=O) groups is 1. The molecular weight excluding hydrogens is 298 g/mol. The lowest BCUT2D eigenvalue weighted by Crippen LogP contribution is -2.43. The molecule has 4 nitrogen and oxygen atoms in total. The summed E-state index contributed by atoms with van der Waals surface area (Å²) < 4.78 is 0. The van der Waals surface area contributed by atoms with Crippen molar-refractivity contribution in [1.82, 2.24) is 9.80 Å². The topological polar surface area (TPSA) is 35.6 Å². The highest BCUT2D eigenvalue weighted by molar-refractivity contribution is 5.77. The molecule has 0 saturated carbocycles. The largest absolute Gasteiger partial charge is 0.377 e. The predicted octanol–water partition coefficient (Wildman–Crippen LogP) is 3.25. The van der Waals surface area contributed by atoms with E-state index in [1.165, 1.54) is 5.56 Å². The quantitative estimate of drug-likeness (QED) is 0.849. The van der Waals surface area contributed by atoms with Crippen molar-refractivity contribution in [1.29, 1.82) is 0 Å². The van der Waals surface area contributed by atoms with Gasteiger partial charge in [0.15, 0.2) is 0 Å². The second kappa shape index (κ2) is 8.50. The molecule has 1 N–H and O–H groups in total. The molecule has 0 bridgehead atoms. The molecule has 2 atom stereocenters. The van der Waals surface area contributed by atoms with Crippen molar-refractivity contribution in [3.05, 3.63) is 66.2 Å². The summed E-state index contributed by atoms with van der Waals surface area (Å²) in [4.78, 5) is 15.8. The monoisotopic (exact) mass is 325 g/mol. The van der Waals surface area contributed by atoms with Crippen LogP contribution in [0.2, 0.25) is 0 Å². The van der Waals surface area contributed by atoms with E-state index in [1.54, 1.807) is 19.0 Å². The van der Waals surface area contributed by atoms with Gasteiger partial charge in [0.2, 0.25) is 5.91 Å². The van der Waals surface area contributed by atoms with E-state index >= 15 is 0 Å². The van der Waals surface area contributed by atoms with Crippen molar-refractivity contribution in [2.45, 2.75) is 19.0 Å². The summed E-state index contributed by atoms with van der Waals surface area (Å²) in [5.41, 5.74) is 2.28. The molecule has 0 saturated heterocycles. The number of benzene rings is 2. The van der Waals surface area contributed by atoms with Crippen LogP contribution in [0.5, 0.6) is 0 Å². The Morgan fingerprint density at radius 2 is 1.50 bits per heavy atom. The van der Waals surface area contributed by atoms with Gasteiger partial charge in [0, 0.05) is 25.8 Å². The SMILES string of the molecule is CC(C(Nc1ccccc1)c1ccccc1)N(C)CC(=O)N(C)C. The Morgan fingerprint density at radius 3 is 2.04 bits per heavy atom. The summed E-state index contributed by atoms with van der Waals surface area (Å²) in [7, 11) is 5.57. The summed E-state index contributed by atoms with van der Waals surface area (Å²) >= 11 is 0. The normalized spacial score (nSPS) is 13.4. The van der Waals surface area contributed by atoms with E-state index in [0.29, 0.717) is 6.54 Å². The van der Waals surface area contributed by atoms with Crippen LogP contribution in [-0.4, -0.2) is 49.4 Å². The average molecular weight is 325 g/mol. The lowest BCUT2D eigenvalue weighted by atomic mass is 9.99. The van der Waals surface area contributed by atoms with Crippen LogP contribution >= 0.6 is 0 Å². The Hall–Kier alpha value is -2.33. The van der Waals surface area contributed by atoms with Gasteiger partial charge in [-0.3, -0.25) is 9.69 Å². The molecule has 0 heterocycles. The smallest absolute Gasteiger partial charge is 0.236 e. The Bertz CT molecular complexity index is 628. The minimum absolute atomic E-state index is 0.0913. The lowest BCUT2D eigenvalue weighted by molar-refractivity contribution is -0.130. The molecule has 24 heavy (non-hydrogen) atoms. The average Bonchev–Trinajstić information content (AvgIpc) is 2.60. The molecule has 128 valence electrons. The molecule has 4 heteroatoms. The number of para-hydroxylation sites is 1. The lowest BCUT2D eigenvalue weighted by Gasteiger charge is -2.33. The molecule has 0 aliphatic rings. The van der Waals surface area contributed by atoms with E-state index in [2.05, 4.69) is 41.4 Å². The molecule has 0 aliphatic carbocycles. The Kier molecular flexibility index (Phi) is 6.38. The summed E-state index contributed by atoms with van der Waals surface area (Å²) in [6.07, 6.45) is 0. The van der Waals surface area contributed by atoms with Crippen molar-refractivity contribution < 1.29 is 4.79 Å². The maximum atomic E-state index is 12.0. The minimum Gasteiger partial charge on any atom is -0.377 e. The van der Waals surface area contributed by atoms with Gasteiger partial charge in [-0.05, 0) is 31.7 Å². The third kappa shape index (κ3) is 4.83. The predicted molar refractivity (Wildman–Crippen MR) is 100 cm³/mol. The second-order valence-electron chi connectivity index (χ2n) is 6.34. The van der Waals surface area contributed by atoms with Gasteiger partial charge in [-0.15, -0.1) is 0 Å². The minimum atomic E-state index is 0.0913. The third-order valence-corrected chi connectivity index (χ3v) is 4.32. The Morgan fingerprint density at radius 1 is 0.958 bits per heavy atom. The summed E-state index contributed by atoms with van der Waals surface area (Å²) in [5, 5.41) is 3.61. The van der Waals surface area contributed by atoms with Gasteiger partial charge < -0.3 is 10.2 Å². The van der Waals surface area contributed by atoms with Crippen LogP contribution in [0.25, 0.3) is 0 Å². The Balaban J connectivity index is 2.20. The molecule has 0 radical (unpaired) electrons. The first kappa shape index (κ1) is 18.0. The molecule has 0 aliphatic heterocycles. The highest BCUT2D eigenvalue weighted by Gasteiger charge is 2.24. The highest BCUT2D eigenvalue weighted by atomic mass is 16.2. The van der Waals surface area contributed by atoms with Crippen molar-refractivity contribution in [2.24, 2.45) is 0 Å². The molecule has 2 aromatic carbocycles. The first-order chi connectivity index (χ1) is 11.5. The van der Waals surface area contributed by atoms with Gasteiger partial charge in [0.25, 0.3) is 0 Å². The number of rotatable bonds is 7. The van der Waals surface area contributed by atoms with E-state index in [9.17, 15) is 4.79 Å². The first-order valence-electron chi connectivity index (χ1n) is 8.26. The van der Waals surface area contributed by atoms with E-state index in [1.807, 2.05) is 43.4 Å². The highest BCUT2D eigenvalue weighted by Crippen LogP contribution is 2.25. The zero-order chi connectivity index (χ0) is 17.5. The molecular formula is C20H27N3O. The number of hydrogen-bond donors (Lipinski definition) is 1. The number of hydrogen-bond acceptors (Lipinski definition) is 3. The Labute approximate surface area is 145 Å². The second-order valence-corrected chi connectivity index (χ2v) is 6.34. The van der Waals surface area contributed by atoms with Crippen LogP contribution in [0.1, 0.15) is 18.5 Å². The van der Waals surface area contributed by atoms with Gasteiger partial charge in [-0.25, -0.2) is 0 Å². The van der Waals surface area contributed by atoms with Crippen LogP contribution < -0.4 is 5.32 Å². The number of nitrogens with one attached hydrogen (secondary N) is 1. The maximum Gasteiger partial charge on any atom is 0.236 e. The number of anilines is 1. The summed E-state index contributed by atoms with van der Waals surface area (Å²) in [5.74, 6) is 0.107. The van der Waals surface area contributed by atoms with Crippen molar-refractivity contribution in [3.8, 4) is 0 Å². The van der Waals surface area contributed by atoms with Gasteiger partial charge in [0.05, 0.1) is 12.6 Å². The number of amides is 1. The van der Waals surface area contributed by atoms with Gasteiger partial charge in [0.1, 0.15) is 0 Å². The number of nitrogens with zero attached hydrogens (tertiary/aromatic N) is 2. The summed E-state index contributed by atoms with van der Waals surface area (Å²) in [6, 6.07) is 20.8. The molecule has 0 aromatic heterocycles. The van der Waals surface area contributed by atoms with Crippen LogP contribution in [0.3, 0.4) is 0 Å². The summed E-state index contributed by atoms with van der Waals surface area (Å²) in [6.45, 7) is 2.55. The zero-order valence-electron chi connectivity index (χ0n) is 14.9. The number of likely N-dealkylation sites (N-methyl/N-ethyl adjacent to an activating group) is 2. The van der Waals surface area contributed by atoms with Gasteiger partial charge in [-0.1, -0.05) is 48.5 Å². The van der Waals surface area contributed by atoms with E-state index in [-0.39, 0.29) is 18.0 Å². The molecule has 0 spiro atoms. The third-order valence-electron chi connectivity index (χ3n) is 4.32. The molecule has 2 rings (SSSR count). The van der Waals surface area contributed by atoms with Gasteiger partial charge >= 0.3 is 0 Å². The van der Waals surface area contributed by atoms with E-state index < -0.39 is 0 Å². The zero-order valence-corrected chi connectivity index (χ0v) is 14.9. The van der Waals surface area contributed by atoms with Crippen molar-refractivity contribution in [3.63, 3.8) is 0 Å². The first-order valence-corrected chi connectivity index (χ1v) is 8.26. The molecule has 2 aromatic rings. The van der Waals surface area contributed by atoms with Crippen molar-refractivity contribution in [2.75, 3.05) is 33.0 Å².